The second-order valence-electron chi connectivity index (χ2n) is 17.8. The number of esters is 1. The number of ether oxygens (including phenoxy) is 4. The lowest BCUT2D eigenvalue weighted by atomic mass is 9.34. The van der Waals surface area contributed by atoms with Gasteiger partial charge in [-0.25, -0.2) is 0 Å². The number of aliphatic hydroxyl groups is 4. The summed E-state index contributed by atoms with van der Waals surface area (Å²) >= 11 is 0. The molecule has 5 N–H and O–H groups in total. The number of aliphatic hydroxyl groups excluding tert-OH is 4. The van der Waals surface area contributed by atoms with Crippen LogP contribution >= 0.6 is 0 Å². The highest BCUT2D eigenvalue weighted by molar-refractivity contribution is 6.00. The molecule has 12 nitrogen and oxygen atoms in total. The lowest BCUT2D eigenvalue weighted by molar-refractivity contribution is -0.349. The molecule has 2 heterocycles. The zero-order chi connectivity index (χ0) is 36.9. The van der Waals surface area contributed by atoms with Crippen molar-refractivity contribution in [3.05, 3.63) is 11.6 Å². The lowest BCUT2D eigenvalue weighted by Gasteiger charge is -2.70. The molecule has 4 aliphatic carbocycles. The topological polar surface area (TPSA) is 189 Å². The van der Waals surface area contributed by atoms with Crippen LogP contribution in [0.2, 0.25) is 0 Å². The highest BCUT2D eigenvalue weighted by atomic mass is 16.7. The van der Waals surface area contributed by atoms with Crippen LogP contribution in [0.4, 0.5) is 0 Å². The van der Waals surface area contributed by atoms with Gasteiger partial charge < -0.3 is 44.5 Å². The SMILES string of the molecule is CC(=O)O[C@@H]1C[C@@]23COC[C@](C)([C@@H]2CC[C@H]2C3=CC(=O)[C@@]3(C)[C@H](C(=O)O)[C@@](C)([C@H](C)C(C)C)CC[C@]23C)[C@H]1O[C@@H]1O[C@H](CO)[C@@H](O)[C@H](O)[C@H]1O. The molecular formula is C38H58O12. The molecule has 2 aliphatic heterocycles. The Morgan fingerprint density at radius 2 is 1.68 bits per heavy atom. The normalized spacial score (nSPS) is 50.7. The first-order chi connectivity index (χ1) is 23.2. The monoisotopic (exact) mass is 706 g/mol. The first-order valence-corrected chi connectivity index (χ1v) is 18.4. The van der Waals surface area contributed by atoms with Gasteiger partial charge in [-0.2, -0.15) is 0 Å². The number of rotatable bonds is 7. The second-order valence-corrected chi connectivity index (χ2v) is 17.8. The van der Waals surface area contributed by atoms with Gasteiger partial charge in [-0.05, 0) is 72.7 Å². The van der Waals surface area contributed by atoms with Crippen molar-refractivity contribution in [2.24, 2.45) is 56.7 Å². The maximum Gasteiger partial charge on any atom is 0.308 e. The Morgan fingerprint density at radius 1 is 1.00 bits per heavy atom. The van der Waals surface area contributed by atoms with E-state index in [1.165, 1.54) is 6.92 Å². The van der Waals surface area contributed by atoms with Crippen LogP contribution < -0.4 is 0 Å². The molecule has 2 saturated heterocycles. The summed E-state index contributed by atoms with van der Waals surface area (Å²) in [6, 6.07) is 0. The Labute approximate surface area is 294 Å². The fraction of sp³-hybridized carbons (Fsp3) is 0.868. The lowest BCUT2D eigenvalue weighted by Crippen LogP contribution is -2.72. The average Bonchev–Trinajstić information content (AvgIpc) is 3.03. The summed E-state index contributed by atoms with van der Waals surface area (Å²) in [6.45, 7) is 15.6. The summed E-state index contributed by atoms with van der Waals surface area (Å²) in [4.78, 5) is 40.9. The van der Waals surface area contributed by atoms with Crippen molar-refractivity contribution < 1.29 is 58.9 Å². The van der Waals surface area contributed by atoms with Gasteiger partial charge in [0.05, 0.1) is 25.7 Å². The largest absolute Gasteiger partial charge is 0.481 e. The zero-order valence-electron chi connectivity index (χ0n) is 30.8. The van der Waals surface area contributed by atoms with E-state index in [4.69, 9.17) is 18.9 Å². The molecule has 0 aromatic rings. The molecule has 12 heteroatoms. The van der Waals surface area contributed by atoms with E-state index in [1.807, 2.05) is 13.8 Å². The van der Waals surface area contributed by atoms with Gasteiger partial charge in [0, 0.05) is 23.2 Å². The van der Waals surface area contributed by atoms with Gasteiger partial charge in [0.2, 0.25) is 0 Å². The number of carboxylic acids is 1. The van der Waals surface area contributed by atoms with E-state index in [2.05, 4.69) is 34.6 Å². The smallest absolute Gasteiger partial charge is 0.308 e. The highest BCUT2D eigenvalue weighted by Crippen LogP contribution is 2.74. The molecule has 0 spiro atoms. The molecule has 50 heavy (non-hydrogen) atoms. The minimum absolute atomic E-state index is 0.0772. The predicted molar refractivity (Wildman–Crippen MR) is 178 cm³/mol. The molecule has 0 unspecified atom stereocenters. The van der Waals surface area contributed by atoms with Gasteiger partial charge in [0.25, 0.3) is 0 Å². The Hall–Kier alpha value is -1.93. The molecule has 6 aliphatic rings. The third kappa shape index (κ3) is 5.05. The minimum atomic E-state index is -1.64. The van der Waals surface area contributed by atoms with Gasteiger partial charge >= 0.3 is 11.9 Å². The number of allylic oxidation sites excluding steroid dienone is 1. The fourth-order valence-corrected chi connectivity index (χ4v) is 12.2. The minimum Gasteiger partial charge on any atom is -0.481 e. The van der Waals surface area contributed by atoms with Crippen LogP contribution in [0.15, 0.2) is 11.6 Å². The fourth-order valence-electron chi connectivity index (χ4n) is 12.2. The van der Waals surface area contributed by atoms with E-state index in [1.54, 1.807) is 6.08 Å². The summed E-state index contributed by atoms with van der Waals surface area (Å²) in [7, 11) is 0. The molecule has 3 saturated carbocycles. The van der Waals surface area contributed by atoms with Crippen molar-refractivity contribution in [1.82, 2.24) is 0 Å². The Morgan fingerprint density at radius 3 is 2.28 bits per heavy atom. The van der Waals surface area contributed by atoms with E-state index in [9.17, 15) is 39.9 Å². The Balaban J connectivity index is 1.43. The number of ketones is 1. The number of carboxylic acid groups (broad SMARTS) is 1. The predicted octanol–water partition coefficient (Wildman–Crippen LogP) is 2.87. The van der Waals surface area contributed by atoms with E-state index in [0.29, 0.717) is 19.4 Å². The maximum atomic E-state index is 14.9. The number of aliphatic carboxylic acids is 1. The van der Waals surface area contributed by atoms with Crippen LogP contribution in [0.25, 0.3) is 0 Å². The molecule has 2 bridgehead atoms. The van der Waals surface area contributed by atoms with Gasteiger partial charge in [-0.3, -0.25) is 14.4 Å². The zero-order valence-corrected chi connectivity index (χ0v) is 30.8. The summed E-state index contributed by atoms with van der Waals surface area (Å²) in [5.74, 6) is -2.40. The first kappa shape index (κ1) is 37.8. The molecule has 6 rings (SSSR count). The average molecular weight is 707 g/mol. The molecule has 0 radical (unpaired) electrons. The van der Waals surface area contributed by atoms with Crippen LogP contribution in [-0.4, -0.2) is 106 Å². The highest BCUT2D eigenvalue weighted by Gasteiger charge is 2.74. The third-order valence-electron chi connectivity index (χ3n) is 15.4. The molecular weight excluding hydrogens is 648 g/mol. The van der Waals surface area contributed by atoms with Crippen LogP contribution in [0.5, 0.6) is 0 Å². The van der Waals surface area contributed by atoms with Gasteiger partial charge in [-0.1, -0.05) is 54.0 Å². The summed E-state index contributed by atoms with van der Waals surface area (Å²) in [6.07, 6.45) is -4.36. The van der Waals surface area contributed by atoms with E-state index in [-0.39, 0.29) is 42.5 Å². The second kappa shape index (κ2) is 12.6. The molecule has 0 aromatic heterocycles. The van der Waals surface area contributed by atoms with Crippen molar-refractivity contribution in [2.75, 3.05) is 19.8 Å². The Kier molecular flexibility index (Phi) is 9.52. The number of fused-ring (bicyclic) bond motifs is 3. The Bertz CT molecular complexity index is 1410. The molecule has 5 fully saturated rings. The molecule has 16 atom stereocenters. The van der Waals surface area contributed by atoms with Crippen LogP contribution in [0, 0.1) is 56.7 Å². The number of hydrogen-bond donors (Lipinski definition) is 5. The van der Waals surface area contributed by atoms with Crippen LogP contribution in [-0.2, 0) is 33.3 Å². The van der Waals surface area contributed by atoms with Crippen LogP contribution in [0.3, 0.4) is 0 Å². The van der Waals surface area contributed by atoms with Crippen molar-refractivity contribution in [1.29, 1.82) is 0 Å². The van der Waals surface area contributed by atoms with Gasteiger partial charge in [0.1, 0.15) is 36.6 Å². The summed E-state index contributed by atoms with van der Waals surface area (Å²) in [5.41, 5.74) is -2.97. The van der Waals surface area contributed by atoms with Crippen molar-refractivity contribution >= 4 is 17.7 Å². The van der Waals surface area contributed by atoms with Crippen molar-refractivity contribution in [3.8, 4) is 0 Å². The maximum absolute atomic E-state index is 14.9. The van der Waals surface area contributed by atoms with Gasteiger partial charge in [0.15, 0.2) is 12.1 Å². The molecule has 0 aromatic carbocycles. The van der Waals surface area contributed by atoms with Crippen molar-refractivity contribution in [2.45, 2.75) is 130 Å². The van der Waals surface area contributed by atoms with E-state index >= 15 is 0 Å². The third-order valence-corrected chi connectivity index (χ3v) is 15.4. The number of carbonyl (C=O) groups excluding carboxylic acids is 2. The van der Waals surface area contributed by atoms with Crippen LogP contribution in [0.1, 0.15) is 87.5 Å². The number of hydrogen-bond acceptors (Lipinski definition) is 11. The first-order valence-electron chi connectivity index (χ1n) is 18.4. The van der Waals surface area contributed by atoms with E-state index in [0.717, 1.165) is 18.4 Å². The van der Waals surface area contributed by atoms with E-state index < -0.39 is 94.5 Å². The van der Waals surface area contributed by atoms with Gasteiger partial charge in [-0.15, -0.1) is 0 Å². The molecule has 282 valence electrons. The van der Waals surface area contributed by atoms with Crippen molar-refractivity contribution in [3.63, 3.8) is 0 Å². The molecule has 0 amide bonds. The summed E-state index contributed by atoms with van der Waals surface area (Å²) < 4.78 is 24.6. The quantitative estimate of drug-likeness (QED) is 0.193. The standard InChI is InChI=1S/C38H58O12/c1-18(2)19(3)34(5)11-12-36(7)21-9-10-25-35(6)16-47-17-38(25,22(21)13-26(41)37(36,8)30(34)32(45)46)14-23(48-20(4)40)31(35)50-33-29(44)28(43)27(42)24(15-39)49-33/h13,18-19,21,23-25,27-31,33,39,42-44H,9-12,14-17H2,1-8H3,(H,45,46)/t19-,21+,23-,24-,25+,27-,28+,29-,30-,31+,33+,34-,35-,36-,37+,38+/m1/s1. The summed E-state index contributed by atoms with van der Waals surface area (Å²) in [5, 5.41) is 52.5. The number of carbonyl (C=O) groups is 3.